The van der Waals surface area contributed by atoms with E-state index in [4.69, 9.17) is 0 Å². The average Bonchev–Trinajstić information content (AvgIpc) is 2.66. The summed E-state index contributed by atoms with van der Waals surface area (Å²) >= 11 is 0. The first-order valence-corrected chi connectivity index (χ1v) is 17.0. The Morgan fingerprint density at radius 2 is 0.765 bits per heavy atom. The zero-order valence-electron chi connectivity index (χ0n) is 21.2. The Hall–Kier alpha value is -0.880. The molecule has 0 amide bonds. The molecule has 10 heteroatoms. The van der Waals surface area contributed by atoms with Crippen LogP contribution in [-0.2, 0) is 20.2 Å². The lowest BCUT2D eigenvalue weighted by Gasteiger charge is -2.27. The van der Waals surface area contributed by atoms with E-state index < -0.39 is 36.1 Å². The molecule has 34 heavy (non-hydrogen) atoms. The molecule has 0 spiro atoms. The molecular formula is C24H38O6P2S2. The normalized spacial score (nSPS) is 12.7. The van der Waals surface area contributed by atoms with Crippen LogP contribution in [0, 0.1) is 0 Å². The van der Waals surface area contributed by atoms with Crippen LogP contribution < -0.4 is 10.6 Å². The minimum absolute atomic E-state index is 0.0634. The van der Waals surface area contributed by atoms with Crippen LogP contribution in [0.4, 0.5) is 0 Å². The van der Waals surface area contributed by atoms with Gasteiger partial charge in [-0.3, -0.25) is 9.11 Å². The van der Waals surface area contributed by atoms with Gasteiger partial charge in [-0.25, -0.2) is 0 Å². The lowest BCUT2D eigenvalue weighted by Crippen LogP contribution is -2.20. The van der Waals surface area contributed by atoms with Gasteiger partial charge in [-0.1, -0.05) is 108 Å². The summed E-state index contributed by atoms with van der Waals surface area (Å²) in [7, 11) is -9.45. The highest BCUT2D eigenvalue weighted by atomic mass is 32.2. The Morgan fingerprint density at radius 1 is 0.529 bits per heavy atom. The third-order valence-electron chi connectivity index (χ3n) is 5.07. The highest BCUT2D eigenvalue weighted by molar-refractivity contribution is 7.87. The topological polar surface area (TPSA) is 109 Å². The second-order valence-electron chi connectivity index (χ2n) is 9.08. The van der Waals surface area contributed by atoms with Gasteiger partial charge in [0.2, 0.25) is 0 Å². The van der Waals surface area contributed by atoms with E-state index in [1.165, 1.54) is 12.1 Å². The van der Waals surface area contributed by atoms with Gasteiger partial charge >= 0.3 is 0 Å². The molecule has 2 aromatic rings. The third-order valence-corrected chi connectivity index (χ3v) is 13.5. The molecule has 0 atom stereocenters. The van der Waals surface area contributed by atoms with Gasteiger partial charge in [-0.15, -0.1) is 0 Å². The number of hydrogen-bond donors (Lipinski definition) is 2. The Balaban J connectivity index is 0.000000340. The highest BCUT2D eigenvalue weighted by Gasteiger charge is 2.26. The quantitative estimate of drug-likeness (QED) is 0.323. The molecule has 0 saturated carbocycles. The average molecular weight is 549 g/mol. The molecule has 0 heterocycles. The molecule has 0 aliphatic carbocycles. The Morgan fingerprint density at radius 3 is 0.971 bits per heavy atom. The molecule has 0 fully saturated rings. The molecule has 0 unspecified atom stereocenters. The Labute approximate surface area is 208 Å². The van der Waals surface area contributed by atoms with Gasteiger partial charge in [0.05, 0.1) is 0 Å². The van der Waals surface area contributed by atoms with Crippen molar-refractivity contribution in [2.75, 3.05) is 0 Å². The zero-order chi connectivity index (χ0) is 26.4. The summed E-state index contributed by atoms with van der Waals surface area (Å²) in [6.07, 6.45) is 0. The summed E-state index contributed by atoms with van der Waals surface area (Å²) in [5, 5.41) is 1.55. The lowest BCUT2D eigenvalue weighted by molar-refractivity contribution is 0.481. The molecule has 0 aliphatic heterocycles. The minimum Gasteiger partial charge on any atom is -0.282 e. The Kier molecular flexibility index (Phi) is 11.8. The van der Waals surface area contributed by atoms with Crippen LogP contribution in [0.2, 0.25) is 0 Å². The summed E-state index contributed by atoms with van der Waals surface area (Å²) in [6, 6.07) is 13.5. The number of rotatable bonds is 8. The molecular weight excluding hydrogens is 510 g/mol. The summed E-state index contributed by atoms with van der Waals surface area (Å²) in [6.45, 7) is 16.7. The van der Waals surface area contributed by atoms with E-state index >= 15 is 0 Å². The van der Waals surface area contributed by atoms with Gasteiger partial charge in [0.15, 0.2) is 0 Å². The first kappa shape index (κ1) is 31.2. The molecule has 2 aromatic carbocycles. The van der Waals surface area contributed by atoms with Gasteiger partial charge < -0.3 is 0 Å². The first-order valence-electron chi connectivity index (χ1n) is 11.2. The van der Waals surface area contributed by atoms with Crippen molar-refractivity contribution in [3.05, 3.63) is 48.5 Å². The van der Waals surface area contributed by atoms with E-state index in [1.54, 1.807) is 12.1 Å². The van der Waals surface area contributed by atoms with Crippen molar-refractivity contribution in [3.63, 3.8) is 0 Å². The predicted octanol–water partition coefficient (Wildman–Crippen LogP) is 5.71. The van der Waals surface area contributed by atoms with E-state index in [-0.39, 0.29) is 9.79 Å². The van der Waals surface area contributed by atoms with Crippen LogP contribution in [0.15, 0.2) is 58.3 Å². The molecule has 2 rings (SSSR count). The lowest BCUT2D eigenvalue weighted by atomic mass is 10.4. The van der Waals surface area contributed by atoms with E-state index in [9.17, 15) is 25.9 Å². The number of hydrogen-bond acceptors (Lipinski definition) is 4. The number of benzene rings is 2. The molecule has 2 N–H and O–H groups in total. The van der Waals surface area contributed by atoms with Crippen molar-refractivity contribution in [3.8, 4) is 0 Å². The van der Waals surface area contributed by atoms with Crippen LogP contribution in [0.3, 0.4) is 0 Å². The van der Waals surface area contributed by atoms with Gasteiger partial charge in [-0.05, 0) is 45.4 Å². The fraction of sp³-hybridized carbons (Fsp3) is 0.500. The zero-order valence-corrected chi connectivity index (χ0v) is 24.6. The van der Waals surface area contributed by atoms with E-state index in [2.05, 4.69) is 55.4 Å². The standard InChI is InChI=1S/2C12H19O3PS/c2*1-9(2)16(10(3)4)11-7-5-6-8-12(11)17(13,14)15/h2*5-10H,1-4H3,(H,13,14,15). The van der Waals surface area contributed by atoms with Gasteiger partial charge in [0.25, 0.3) is 20.2 Å². The minimum atomic E-state index is -4.13. The highest BCUT2D eigenvalue weighted by Crippen LogP contribution is 2.47. The monoisotopic (exact) mass is 548 g/mol. The van der Waals surface area contributed by atoms with Crippen molar-refractivity contribution in [1.29, 1.82) is 0 Å². The Bertz CT molecular complexity index is 1040. The van der Waals surface area contributed by atoms with Gasteiger partial charge in [-0.2, -0.15) is 16.8 Å². The summed E-state index contributed by atoms with van der Waals surface area (Å²) in [5.41, 5.74) is 1.53. The third kappa shape index (κ3) is 8.65. The van der Waals surface area contributed by atoms with E-state index in [0.717, 1.165) is 10.6 Å². The summed E-state index contributed by atoms with van der Waals surface area (Å²) in [4.78, 5) is 0.127. The fourth-order valence-electron chi connectivity index (χ4n) is 4.08. The largest absolute Gasteiger partial charge is 0.295 e. The van der Waals surface area contributed by atoms with Gasteiger partial charge in [0, 0.05) is 0 Å². The second-order valence-corrected chi connectivity index (χ2v) is 18.6. The van der Waals surface area contributed by atoms with Crippen molar-refractivity contribution in [2.24, 2.45) is 0 Å². The van der Waals surface area contributed by atoms with E-state index in [0.29, 0.717) is 22.6 Å². The van der Waals surface area contributed by atoms with Crippen LogP contribution in [0.1, 0.15) is 55.4 Å². The van der Waals surface area contributed by atoms with Crippen molar-refractivity contribution in [2.45, 2.75) is 87.8 Å². The maximum Gasteiger partial charge on any atom is 0.295 e. The SMILES string of the molecule is CC(C)P(c1ccccc1S(=O)(=O)O)C(C)C.CC(C)P(c1ccccc1S(=O)(=O)O)C(C)C. The second kappa shape index (κ2) is 12.9. The summed E-state index contributed by atoms with van der Waals surface area (Å²) < 4.78 is 64.0. The van der Waals surface area contributed by atoms with Crippen LogP contribution in [-0.4, -0.2) is 48.6 Å². The molecule has 0 aliphatic rings. The van der Waals surface area contributed by atoms with E-state index in [1.807, 2.05) is 24.3 Å². The van der Waals surface area contributed by atoms with Crippen molar-refractivity contribution < 1.29 is 25.9 Å². The maximum atomic E-state index is 11.4. The van der Waals surface area contributed by atoms with Crippen LogP contribution >= 0.6 is 15.8 Å². The first-order chi connectivity index (χ1) is 15.5. The maximum absolute atomic E-state index is 11.4. The van der Waals surface area contributed by atoms with Crippen molar-refractivity contribution >= 4 is 46.7 Å². The smallest absolute Gasteiger partial charge is 0.282 e. The molecule has 0 bridgehead atoms. The van der Waals surface area contributed by atoms with Crippen LogP contribution in [0.25, 0.3) is 0 Å². The molecule has 192 valence electrons. The fourth-order valence-corrected chi connectivity index (χ4v) is 12.4. The molecule has 6 nitrogen and oxygen atoms in total. The van der Waals surface area contributed by atoms with Crippen molar-refractivity contribution in [1.82, 2.24) is 0 Å². The molecule has 0 radical (unpaired) electrons. The van der Waals surface area contributed by atoms with Gasteiger partial charge in [0.1, 0.15) is 9.79 Å². The summed E-state index contributed by atoms with van der Waals surface area (Å²) in [5.74, 6) is 0. The predicted molar refractivity (Wildman–Crippen MR) is 146 cm³/mol. The van der Waals surface area contributed by atoms with Crippen LogP contribution in [0.5, 0.6) is 0 Å². The molecule has 0 saturated heterocycles. The molecule has 0 aromatic heterocycles.